The number of amides is 2. The molecule has 0 aromatic heterocycles. The van der Waals surface area contributed by atoms with E-state index >= 15 is 0 Å². The van der Waals surface area contributed by atoms with E-state index in [1.807, 2.05) is 31.2 Å². The lowest BCUT2D eigenvalue weighted by molar-refractivity contribution is 0.262. The van der Waals surface area contributed by atoms with Crippen LogP contribution in [0.3, 0.4) is 0 Å². The number of rotatable bonds is 4. The Morgan fingerprint density at radius 1 is 1.13 bits per heavy atom. The summed E-state index contributed by atoms with van der Waals surface area (Å²) in [6.07, 6.45) is 5.11. The topological polar surface area (TPSA) is 64.9 Å². The molecule has 0 unspecified atom stereocenters. The smallest absolute Gasteiger partial charge is 0.308 e. The molecule has 0 bridgehead atoms. The van der Waals surface area contributed by atoms with Gasteiger partial charge in [-0.1, -0.05) is 25.1 Å². The standard InChI is InChI=1S/C19H19N3O/c1-3-4-5-16-12-18(9-6-14(16)2)22-19(23)21-17-10-7-15(13-20)8-11-17/h4-12H,3H2,1-2H3,(H2,21,22,23)/b5-4-. The molecule has 0 saturated heterocycles. The summed E-state index contributed by atoms with van der Waals surface area (Å²) in [5, 5.41) is 14.3. The molecule has 2 N–H and O–H groups in total. The zero-order valence-corrected chi connectivity index (χ0v) is 13.3. The first kappa shape index (κ1) is 16.3. The first-order valence-electron chi connectivity index (χ1n) is 7.47. The number of nitrogens with zero attached hydrogens (tertiary/aromatic N) is 1. The minimum Gasteiger partial charge on any atom is -0.308 e. The summed E-state index contributed by atoms with van der Waals surface area (Å²) >= 11 is 0. The summed E-state index contributed by atoms with van der Waals surface area (Å²) < 4.78 is 0. The number of aryl methyl sites for hydroxylation is 1. The average Bonchev–Trinajstić information content (AvgIpc) is 2.56. The van der Waals surface area contributed by atoms with E-state index in [-0.39, 0.29) is 6.03 Å². The van der Waals surface area contributed by atoms with Crippen molar-refractivity contribution in [2.45, 2.75) is 20.3 Å². The summed E-state index contributed by atoms with van der Waals surface area (Å²) in [6.45, 7) is 4.12. The highest BCUT2D eigenvalue weighted by atomic mass is 16.2. The number of allylic oxidation sites excluding steroid dienone is 1. The maximum absolute atomic E-state index is 12.0. The van der Waals surface area contributed by atoms with Gasteiger partial charge in [-0.3, -0.25) is 0 Å². The Hall–Kier alpha value is -3.06. The lowest BCUT2D eigenvalue weighted by Crippen LogP contribution is -2.19. The number of hydrogen-bond acceptors (Lipinski definition) is 2. The Labute approximate surface area is 136 Å². The highest BCUT2D eigenvalue weighted by molar-refractivity contribution is 5.99. The molecule has 0 aliphatic carbocycles. The predicted octanol–water partition coefficient (Wildman–Crippen LogP) is 4.93. The molecule has 0 saturated carbocycles. The van der Waals surface area contributed by atoms with Crippen LogP contribution in [0.15, 0.2) is 48.5 Å². The molecule has 0 fully saturated rings. The van der Waals surface area contributed by atoms with Gasteiger partial charge in [0.2, 0.25) is 0 Å². The zero-order valence-electron chi connectivity index (χ0n) is 13.3. The molecule has 116 valence electrons. The minimum atomic E-state index is -0.316. The average molecular weight is 305 g/mol. The Morgan fingerprint density at radius 2 is 1.78 bits per heavy atom. The Morgan fingerprint density at radius 3 is 2.43 bits per heavy atom. The molecule has 0 aliphatic rings. The number of carbonyl (C=O) groups is 1. The molecule has 2 aromatic carbocycles. The molecule has 0 spiro atoms. The fourth-order valence-electron chi connectivity index (χ4n) is 2.06. The lowest BCUT2D eigenvalue weighted by Gasteiger charge is -2.09. The largest absolute Gasteiger partial charge is 0.323 e. The van der Waals surface area contributed by atoms with Gasteiger partial charge in [0, 0.05) is 11.4 Å². The first-order valence-corrected chi connectivity index (χ1v) is 7.47. The molecule has 0 radical (unpaired) electrons. The number of benzene rings is 2. The number of carbonyl (C=O) groups excluding carboxylic acids is 1. The summed E-state index contributed by atoms with van der Waals surface area (Å²) in [4.78, 5) is 12.0. The maximum Gasteiger partial charge on any atom is 0.323 e. The summed E-state index contributed by atoms with van der Waals surface area (Å²) in [6, 6.07) is 14.2. The van der Waals surface area contributed by atoms with Crippen molar-refractivity contribution in [3.8, 4) is 6.07 Å². The highest BCUT2D eigenvalue weighted by Crippen LogP contribution is 2.17. The number of hydrogen-bond donors (Lipinski definition) is 2. The van der Waals surface area contributed by atoms with Crippen LogP contribution >= 0.6 is 0 Å². The van der Waals surface area contributed by atoms with E-state index in [1.54, 1.807) is 24.3 Å². The number of nitriles is 1. The van der Waals surface area contributed by atoms with Crippen LogP contribution in [0.2, 0.25) is 0 Å². The molecule has 0 atom stereocenters. The van der Waals surface area contributed by atoms with Crippen molar-refractivity contribution in [3.05, 3.63) is 65.2 Å². The van der Waals surface area contributed by atoms with E-state index in [4.69, 9.17) is 5.26 Å². The molecule has 2 aromatic rings. The highest BCUT2D eigenvalue weighted by Gasteiger charge is 2.04. The van der Waals surface area contributed by atoms with Crippen LogP contribution in [-0.2, 0) is 0 Å². The fraction of sp³-hybridized carbons (Fsp3) is 0.158. The van der Waals surface area contributed by atoms with Gasteiger partial charge in [0.1, 0.15) is 0 Å². The molecule has 0 heterocycles. The van der Waals surface area contributed by atoms with Crippen molar-refractivity contribution < 1.29 is 4.79 Å². The van der Waals surface area contributed by atoms with E-state index in [1.165, 1.54) is 0 Å². The normalized spacial score (nSPS) is 10.3. The van der Waals surface area contributed by atoms with E-state index in [0.29, 0.717) is 11.3 Å². The van der Waals surface area contributed by atoms with Gasteiger partial charge in [-0.25, -0.2) is 4.79 Å². The summed E-state index contributed by atoms with van der Waals surface area (Å²) in [5.41, 5.74) is 4.18. The molecule has 2 rings (SSSR count). The van der Waals surface area contributed by atoms with Crippen LogP contribution in [0.1, 0.15) is 30.0 Å². The van der Waals surface area contributed by atoms with Crippen molar-refractivity contribution in [1.29, 1.82) is 5.26 Å². The van der Waals surface area contributed by atoms with Crippen molar-refractivity contribution >= 4 is 23.5 Å². The van der Waals surface area contributed by atoms with Gasteiger partial charge in [-0.15, -0.1) is 0 Å². The van der Waals surface area contributed by atoms with Crippen LogP contribution in [0, 0.1) is 18.3 Å². The SMILES string of the molecule is CC/C=C\c1cc(NC(=O)Nc2ccc(C#N)cc2)ccc1C. The van der Waals surface area contributed by atoms with Crippen molar-refractivity contribution in [2.75, 3.05) is 10.6 Å². The third kappa shape index (κ3) is 4.72. The summed E-state index contributed by atoms with van der Waals surface area (Å²) in [7, 11) is 0. The van der Waals surface area contributed by atoms with Crippen LogP contribution in [0.4, 0.5) is 16.2 Å². The van der Waals surface area contributed by atoms with Crippen LogP contribution in [0.5, 0.6) is 0 Å². The summed E-state index contributed by atoms with van der Waals surface area (Å²) in [5.74, 6) is 0. The second-order valence-electron chi connectivity index (χ2n) is 5.15. The molecular formula is C19H19N3O. The molecule has 2 amide bonds. The van der Waals surface area contributed by atoms with Crippen LogP contribution in [0.25, 0.3) is 6.08 Å². The second kappa shape index (κ2) is 7.81. The lowest BCUT2D eigenvalue weighted by atomic mass is 10.1. The first-order chi connectivity index (χ1) is 11.1. The fourth-order valence-corrected chi connectivity index (χ4v) is 2.06. The second-order valence-corrected chi connectivity index (χ2v) is 5.15. The van der Waals surface area contributed by atoms with E-state index in [0.717, 1.165) is 23.2 Å². The molecule has 4 nitrogen and oxygen atoms in total. The van der Waals surface area contributed by atoms with Gasteiger partial charge in [0.25, 0.3) is 0 Å². The molecule has 4 heteroatoms. The third-order valence-electron chi connectivity index (χ3n) is 3.34. The number of urea groups is 1. The van der Waals surface area contributed by atoms with Gasteiger partial charge < -0.3 is 10.6 Å². The van der Waals surface area contributed by atoms with Gasteiger partial charge in [0.15, 0.2) is 0 Å². The van der Waals surface area contributed by atoms with Gasteiger partial charge in [-0.05, 0) is 60.9 Å². The molecule has 0 aliphatic heterocycles. The zero-order chi connectivity index (χ0) is 16.7. The van der Waals surface area contributed by atoms with Crippen LogP contribution in [-0.4, -0.2) is 6.03 Å². The predicted molar refractivity (Wildman–Crippen MR) is 94.3 cm³/mol. The maximum atomic E-state index is 12.0. The Kier molecular flexibility index (Phi) is 5.54. The van der Waals surface area contributed by atoms with Gasteiger partial charge in [0.05, 0.1) is 11.6 Å². The molecule has 23 heavy (non-hydrogen) atoms. The van der Waals surface area contributed by atoms with Crippen molar-refractivity contribution in [3.63, 3.8) is 0 Å². The van der Waals surface area contributed by atoms with Crippen LogP contribution < -0.4 is 10.6 Å². The van der Waals surface area contributed by atoms with E-state index < -0.39 is 0 Å². The van der Waals surface area contributed by atoms with E-state index in [9.17, 15) is 4.79 Å². The van der Waals surface area contributed by atoms with E-state index in [2.05, 4.69) is 29.7 Å². The number of anilines is 2. The Bertz CT molecular complexity index is 755. The molecular weight excluding hydrogens is 286 g/mol. The minimum absolute atomic E-state index is 0.316. The number of nitrogens with one attached hydrogen (secondary N) is 2. The Balaban J connectivity index is 2.04. The monoisotopic (exact) mass is 305 g/mol. The quantitative estimate of drug-likeness (QED) is 0.840. The van der Waals surface area contributed by atoms with Crippen molar-refractivity contribution in [2.24, 2.45) is 0 Å². The van der Waals surface area contributed by atoms with Crippen molar-refractivity contribution in [1.82, 2.24) is 0 Å². The van der Waals surface area contributed by atoms with Gasteiger partial charge in [-0.2, -0.15) is 5.26 Å². The van der Waals surface area contributed by atoms with Gasteiger partial charge >= 0.3 is 6.03 Å². The third-order valence-corrected chi connectivity index (χ3v) is 3.34.